The third-order valence-electron chi connectivity index (χ3n) is 5.68. The summed E-state index contributed by atoms with van der Waals surface area (Å²) in [6.07, 6.45) is 8.40. The van der Waals surface area contributed by atoms with Crippen LogP contribution in [0.15, 0.2) is 0 Å². The van der Waals surface area contributed by atoms with Gasteiger partial charge in [-0.05, 0) is 78.2 Å². The van der Waals surface area contributed by atoms with Crippen LogP contribution in [-0.2, 0) is 32.1 Å². The minimum Gasteiger partial charge on any atom is -0.294 e. The van der Waals surface area contributed by atoms with Crippen LogP contribution in [-0.4, -0.2) is 5.78 Å². The predicted octanol–water partition coefficient (Wildman–Crippen LogP) is 4.07. The average Bonchev–Trinajstić information content (AvgIpc) is 2.88. The number of rotatable bonds is 0. The number of benzene rings is 1. The van der Waals surface area contributed by atoms with Crippen molar-refractivity contribution in [1.82, 2.24) is 0 Å². The van der Waals surface area contributed by atoms with Gasteiger partial charge < -0.3 is 0 Å². The second kappa shape index (κ2) is 3.96. The molecule has 0 saturated heterocycles. The molecule has 1 nitrogen and oxygen atoms in total. The normalized spacial score (nSPS) is 26.4. The average molecular weight is 268 g/mol. The Morgan fingerprint density at radius 3 is 2.20 bits per heavy atom. The molecule has 4 rings (SSSR count). The Kier molecular flexibility index (Phi) is 2.50. The maximum Gasteiger partial charge on any atom is 0.166 e. The minimum atomic E-state index is 0.214. The molecule has 1 aromatic carbocycles. The van der Waals surface area contributed by atoms with Crippen molar-refractivity contribution in [2.45, 2.75) is 65.7 Å². The molecule has 106 valence electrons. The molecule has 0 heterocycles. The van der Waals surface area contributed by atoms with Crippen molar-refractivity contribution in [3.8, 4) is 0 Å². The van der Waals surface area contributed by atoms with Crippen molar-refractivity contribution in [1.29, 1.82) is 0 Å². The molecule has 20 heavy (non-hydrogen) atoms. The summed E-state index contributed by atoms with van der Waals surface area (Å²) in [4.78, 5) is 12.7. The first-order valence-corrected chi connectivity index (χ1v) is 8.20. The van der Waals surface area contributed by atoms with E-state index in [-0.39, 0.29) is 5.92 Å². The number of hydrogen-bond acceptors (Lipinski definition) is 1. The van der Waals surface area contributed by atoms with E-state index in [1.165, 1.54) is 48.8 Å². The molecule has 0 fully saturated rings. The lowest BCUT2D eigenvalue weighted by molar-refractivity contribution is 0.0945. The third kappa shape index (κ3) is 1.58. The van der Waals surface area contributed by atoms with E-state index >= 15 is 0 Å². The van der Waals surface area contributed by atoms with Crippen LogP contribution in [0.4, 0.5) is 0 Å². The van der Waals surface area contributed by atoms with Gasteiger partial charge in [0.05, 0.1) is 0 Å². The van der Waals surface area contributed by atoms with Gasteiger partial charge in [-0.1, -0.05) is 20.8 Å². The van der Waals surface area contributed by atoms with Crippen LogP contribution in [0.25, 0.3) is 0 Å². The summed E-state index contributed by atoms with van der Waals surface area (Å²) in [5, 5.41) is 0. The molecule has 0 bridgehead atoms. The van der Waals surface area contributed by atoms with Crippen LogP contribution in [0, 0.1) is 11.3 Å². The molecular formula is C19H24O. The number of carbonyl (C=O) groups is 1. The highest BCUT2D eigenvalue weighted by atomic mass is 16.1. The highest BCUT2D eigenvalue weighted by Crippen LogP contribution is 2.47. The fraction of sp³-hybridized carbons (Fsp3) is 0.632. The van der Waals surface area contributed by atoms with Crippen LogP contribution >= 0.6 is 0 Å². The number of fused-ring (bicyclic) bond motifs is 6. The van der Waals surface area contributed by atoms with Gasteiger partial charge in [-0.25, -0.2) is 0 Å². The molecule has 0 aliphatic heterocycles. The molecule has 0 amide bonds. The molecule has 1 unspecified atom stereocenters. The highest BCUT2D eigenvalue weighted by molar-refractivity contribution is 6.04. The van der Waals surface area contributed by atoms with Gasteiger partial charge in [0.15, 0.2) is 5.78 Å². The first-order chi connectivity index (χ1) is 9.48. The van der Waals surface area contributed by atoms with E-state index < -0.39 is 0 Å². The zero-order valence-electron chi connectivity index (χ0n) is 12.9. The van der Waals surface area contributed by atoms with Gasteiger partial charge in [-0.3, -0.25) is 4.79 Å². The van der Waals surface area contributed by atoms with E-state index in [0.717, 1.165) is 12.8 Å². The zero-order chi connectivity index (χ0) is 14.1. The van der Waals surface area contributed by atoms with Crippen molar-refractivity contribution in [2.24, 2.45) is 11.3 Å². The first kappa shape index (κ1) is 12.6. The Balaban J connectivity index is 2.01. The van der Waals surface area contributed by atoms with Gasteiger partial charge >= 0.3 is 0 Å². The largest absolute Gasteiger partial charge is 0.294 e. The number of Topliss-reactive ketones (excluding diaryl/α,β-unsaturated/α-hetero) is 1. The Morgan fingerprint density at radius 1 is 0.900 bits per heavy atom. The summed E-state index contributed by atoms with van der Waals surface area (Å²) < 4.78 is 0. The maximum atomic E-state index is 12.7. The van der Waals surface area contributed by atoms with Gasteiger partial charge in [-0.15, -0.1) is 0 Å². The summed E-state index contributed by atoms with van der Waals surface area (Å²) in [7, 11) is 0. The summed E-state index contributed by atoms with van der Waals surface area (Å²) in [5.41, 5.74) is 9.21. The smallest absolute Gasteiger partial charge is 0.166 e. The van der Waals surface area contributed by atoms with E-state index in [0.29, 0.717) is 11.2 Å². The van der Waals surface area contributed by atoms with Crippen LogP contribution in [0.2, 0.25) is 0 Å². The Labute approximate surface area is 121 Å². The lowest BCUT2D eigenvalue weighted by atomic mass is 9.81. The van der Waals surface area contributed by atoms with Crippen LogP contribution in [0.3, 0.4) is 0 Å². The van der Waals surface area contributed by atoms with Crippen molar-refractivity contribution in [2.75, 3.05) is 0 Å². The van der Waals surface area contributed by atoms with Crippen LogP contribution < -0.4 is 0 Å². The summed E-state index contributed by atoms with van der Waals surface area (Å²) in [5.74, 6) is 0.647. The van der Waals surface area contributed by atoms with Crippen molar-refractivity contribution in [3.63, 3.8) is 0 Å². The minimum absolute atomic E-state index is 0.214. The van der Waals surface area contributed by atoms with Crippen LogP contribution in [0.1, 0.15) is 71.8 Å². The number of ketones is 1. The topological polar surface area (TPSA) is 17.1 Å². The molecule has 3 aliphatic rings. The summed E-state index contributed by atoms with van der Waals surface area (Å²) in [6.45, 7) is 6.83. The highest BCUT2D eigenvalue weighted by Gasteiger charge is 2.40. The van der Waals surface area contributed by atoms with Gasteiger partial charge in [0.25, 0.3) is 0 Å². The van der Waals surface area contributed by atoms with Crippen LogP contribution in [0.5, 0.6) is 0 Å². The van der Waals surface area contributed by atoms with E-state index in [4.69, 9.17) is 0 Å². The van der Waals surface area contributed by atoms with Gasteiger partial charge in [0, 0.05) is 11.5 Å². The molecule has 0 aromatic heterocycles. The van der Waals surface area contributed by atoms with Crippen molar-refractivity contribution < 1.29 is 4.79 Å². The van der Waals surface area contributed by atoms with E-state index in [1.54, 1.807) is 16.7 Å². The Hall–Kier alpha value is -1.11. The van der Waals surface area contributed by atoms with Gasteiger partial charge in [-0.2, -0.15) is 0 Å². The summed E-state index contributed by atoms with van der Waals surface area (Å²) >= 11 is 0. The second-order valence-electron chi connectivity index (χ2n) is 7.96. The Bertz CT molecular complexity index is 621. The molecule has 1 atom stereocenters. The molecule has 1 aromatic rings. The quantitative estimate of drug-likeness (QED) is 0.693. The first-order valence-electron chi connectivity index (χ1n) is 8.20. The van der Waals surface area contributed by atoms with E-state index in [9.17, 15) is 4.79 Å². The van der Waals surface area contributed by atoms with Gasteiger partial charge in [0.1, 0.15) is 0 Å². The fourth-order valence-corrected chi connectivity index (χ4v) is 4.83. The van der Waals surface area contributed by atoms with Crippen molar-refractivity contribution in [3.05, 3.63) is 33.4 Å². The fourth-order valence-electron chi connectivity index (χ4n) is 4.83. The SMILES string of the molecule is CC1Cc2c3c(c4c(c2C1=O)CC(C)(C)C4)CCCC3. The van der Waals surface area contributed by atoms with E-state index in [1.807, 2.05) is 0 Å². The summed E-state index contributed by atoms with van der Waals surface area (Å²) in [6, 6.07) is 0. The molecule has 0 N–H and O–H groups in total. The predicted molar refractivity (Wildman–Crippen MR) is 81.5 cm³/mol. The number of carbonyl (C=O) groups excluding carboxylic acids is 1. The Morgan fingerprint density at radius 2 is 1.50 bits per heavy atom. The van der Waals surface area contributed by atoms with Crippen molar-refractivity contribution >= 4 is 5.78 Å². The molecule has 0 radical (unpaired) electrons. The molecule has 0 saturated carbocycles. The zero-order valence-corrected chi connectivity index (χ0v) is 12.9. The number of hydrogen-bond donors (Lipinski definition) is 0. The maximum absolute atomic E-state index is 12.7. The molecule has 1 heteroatoms. The van der Waals surface area contributed by atoms with Gasteiger partial charge in [0.2, 0.25) is 0 Å². The standard InChI is InChI=1S/C19H24O/c1-11-8-14-12-6-4-5-7-13(12)15-9-19(2,3)10-16(15)17(14)18(11)20/h11H,4-10H2,1-3H3. The second-order valence-corrected chi connectivity index (χ2v) is 7.96. The molecule has 3 aliphatic carbocycles. The molecule has 0 spiro atoms. The molecular weight excluding hydrogens is 244 g/mol. The third-order valence-corrected chi connectivity index (χ3v) is 5.68. The monoisotopic (exact) mass is 268 g/mol. The van der Waals surface area contributed by atoms with E-state index in [2.05, 4.69) is 20.8 Å². The lowest BCUT2D eigenvalue weighted by Crippen LogP contribution is -2.12. The lowest BCUT2D eigenvalue weighted by Gasteiger charge is -2.23.